The molecule has 0 spiro atoms. The minimum Gasteiger partial charge on any atom is -0.495 e. The number of halogens is 1. The Labute approximate surface area is 138 Å². The number of hydrogen-bond donors (Lipinski definition) is 2. The van der Waals surface area contributed by atoms with E-state index in [9.17, 15) is 9.59 Å². The molecule has 0 aliphatic rings. The Morgan fingerprint density at radius 2 is 2.00 bits per heavy atom. The van der Waals surface area contributed by atoms with Gasteiger partial charge < -0.3 is 20.5 Å². The average Bonchev–Trinajstić information content (AvgIpc) is 2.53. The summed E-state index contributed by atoms with van der Waals surface area (Å²) < 4.78 is 10.3. The molecule has 2 rings (SSSR count). The number of rotatable bonds is 6. The largest absolute Gasteiger partial charge is 0.495 e. The summed E-state index contributed by atoms with van der Waals surface area (Å²) in [5.74, 6) is -0.1000. The van der Waals surface area contributed by atoms with Gasteiger partial charge >= 0.3 is 0 Å². The number of anilines is 1. The minimum atomic E-state index is -0.594. The van der Waals surface area contributed by atoms with Gasteiger partial charge in [-0.2, -0.15) is 0 Å². The highest BCUT2D eigenvalue weighted by atomic mass is 35.5. The lowest BCUT2D eigenvalue weighted by atomic mass is 10.2. The molecule has 0 heterocycles. The maximum absolute atomic E-state index is 12.3. The number of methoxy groups -OCH3 is 1. The van der Waals surface area contributed by atoms with E-state index in [0.717, 1.165) is 0 Å². The quantitative estimate of drug-likeness (QED) is 0.849. The third-order valence-corrected chi connectivity index (χ3v) is 3.12. The van der Waals surface area contributed by atoms with Gasteiger partial charge in [-0.3, -0.25) is 9.59 Å². The summed E-state index contributed by atoms with van der Waals surface area (Å²) in [6.45, 7) is -0.257. The summed E-state index contributed by atoms with van der Waals surface area (Å²) in [6.07, 6.45) is 0. The fourth-order valence-corrected chi connectivity index (χ4v) is 2.03. The van der Waals surface area contributed by atoms with Crippen LogP contribution >= 0.6 is 11.6 Å². The van der Waals surface area contributed by atoms with Crippen LogP contribution in [-0.4, -0.2) is 25.5 Å². The van der Waals surface area contributed by atoms with Crippen molar-refractivity contribution in [1.82, 2.24) is 0 Å². The molecule has 7 heteroatoms. The second-order valence-corrected chi connectivity index (χ2v) is 5.02. The maximum atomic E-state index is 12.3. The first-order valence-electron chi connectivity index (χ1n) is 6.65. The summed E-state index contributed by atoms with van der Waals surface area (Å²) in [5.41, 5.74) is 5.82. The minimum absolute atomic E-state index is 0.257. The molecular weight excluding hydrogens is 320 g/mol. The monoisotopic (exact) mass is 334 g/mol. The summed E-state index contributed by atoms with van der Waals surface area (Å²) in [7, 11) is 1.50. The number of nitrogens with two attached hydrogens (primary N) is 1. The molecule has 0 bridgehead atoms. The summed E-state index contributed by atoms with van der Waals surface area (Å²) >= 11 is 5.93. The van der Waals surface area contributed by atoms with Crippen LogP contribution in [0.5, 0.6) is 11.5 Å². The van der Waals surface area contributed by atoms with Gasteiger partial charge in [0, 0.05) is 10.6 Å². The van der Waals surface area contributed by atoms with Gasteiger partial charge in [0.25, 0.3) is 11.8 Å². The fourth-order valence-electron chi connectivity index (χ4n) is 1.85. The van der Waals surface area contributed by atoms with Crippen LogP contribution in [0.25, 0.3) is 0 Å². The van der Waals surface area contributed by atoms with Crippen LogP contribution in [0, 0.1) is 0 Å². The van der Waals surface area contributed by atoms with Gasteiger partial charge in [-0.1, -0.05) is 17.7 Å². The van der Waals surface area contributed by atoms with E-state index in [1.807, 2.05) is 0 Å². The van der Waals surface area contributed by atoms with Crippen molar-refractivity contribution in [2.45, 2.75) is 0 Å². The molecule has 0 aromatic heterocycles. The highest BCUT2D eigenvalue weighted by Gasteiger charge is 2.11. The lowest BCUT2D eigenvalue weighted by Gasteiger charge is -2.11. The number of hydrogen-bond acceptors (Lipinski definition) is 4. The SMILES string of the molecule is COc1ccc(Cl)cc1NC(=O)c1cccc(OCC(N)=O)c1. The van der Waals surface area contributed by atoms with Crippen molar-refractivity contribution in [3.05, 3.63) is 53.1 Å². The van der Waals surface area contributed by atoms with Gasteiger partial charge in [-0.05, 0) is 36.4 Å². The van der Waals surface area contributed by atoms with Gasteiger partial charge in [-0.15, -0.1) is 0 Å². The van der Waals surface area contributed by atoms with Crippen molar-refractivity contribution >= 4 is 29.1 Å². The van der Waals surface area contributed by atoms with Crippen LogP contribution in [0.4, 0.5) is 5.69 Å². The second-order valence-electron chi connectivity index (χ2n) is 4.58. The summed E-state index contributed by atoms with van der Waals surface area (Å²) in [5, 5.41) is 3.19. The smallest absolute Gasteiger partial charge is 0.255 e. The Morgan fingerprint density at radius 1 is 1.22 bits per heavy atom. The Hall–Kier alpha value is -2.73. The number of amides is 2. The Morgan fingerprint density at radius 3 is 2.70 bits per heavy atom. The van der Waals surface area contributed by atoms with E-state index >= 15 is 0 Å². The number of ether oxygens (including phenoxy) is 2. The van der Waals surface area contributed by atoms with E-state index in [-0.39, 0.29) is 12.5 Å². The van der Waals surface area contributed by atoms with Crippen LogP contribution in [-0.2, 0) is 4.79 Å². The molecule has 2 aromatic carbocycles. The first-order valence-corrected chi connectivity index (χ1v) is 7.03. The molecule has 0 aliphatic carbocycles. The van der Waals surface area contributed by atoms with E-state index in [2.05, 4.69) is 5.32 Å². The van der Waals surface area contributed by atoms with E-state index in [0.29, 0.717) is 27.8 Å². The first-order chi connectivity index (χ1) is 11.0. The molecule has 120 valence electrons. The first kappa shape index (κ1) is 16.6. The molecule has 0 saturated heterocycles. The van der Waals surface area contributed by atoms with Gasteiger partial charge in [0.1, 0.15) is 11.5 Å². The van der Waals surface area contributed by atoms with E-state index in [4.69, 9.17) is 26.8 Å². The molecule has 0 atom stereocenters. The third kappa shape index (κ3) is 4.62. The fraction of sp³-hybridized carbons (Fsp3) is 0.125. The zero-order valence-corrected chi connectivity index (χ0v) is 13.1. The Balaban J connectivity index is 2.16. The molecule has 2 amide bonds. The highest BCUT2D eigenvalue weighted by Crippen LogP contribution is 2.28. The van der Waals surface area contributed by atoms with Crippen LogP contribution in [0.15, 0.2) is 42.5 Å². The number of primary amides is 1. The van der Waals surface area contributed by atoms with Crippen LogP contribution in [0.2, 0.25) is 5.02 Å². The third-order valence-electron chi connectivity index (χ3n) is 2.89. The van der Waals surface area contributed by atoms with Crippen molar-refractivity contribution in [2.24, 2.45) is 5.73 Å². The number of carbonyl (C=O) groups is 2. The topological polar surface area (TPSA) is 90.7 Å². The summed E-state index contributed by atoms with van der Waals surface area (Å²) in [4.78, 5) is 23.1. The molecule has 0 aliphatic heterocycles. The Kier molecular flexibility index (Phi) is 5.43. The van der Waals surface area contributed by atoms with E-state index < -0.39 is 5.91 Å². The molecule has 0 saturated carbocycles. The molecule has 2 aromatic rings. The van der Waals surface area contributed by atoms with Crippen LogP contribution in [0.3, 0.4) is 0 Å². The number of carbonyl (C=O) groups excluding carboxylic acids is 2. The summed E-state index contributed by atoms with van der Waals surface area (Å²) in [6, 6.07) is 11.3. The zero-order chi connectivity index (χ0) is 16.8. The molecule has 0 fully saturated rings. The van der Waals surface area contributed by atoms with Gasteiger partial charge in [-0.25, -0.2) is 0 Å². The van der Waals surface area contributed by atoms with Crippen LogP contribution < -0.4 is 20.5 Å². The predicted octanol–water partition coefficient (Wildman–Crippen LogP) is 2.46. The van der Waals surface area contributed by atoms with Crippen LogP contribution in [0.1, 0.15) is 10.4 Å². The van der Waals surface area contributed by atoms with Gasteiger partial charge in [0.2, 0.25) is 0 Å². The average molecular weight is 335 g/mol. The highest BCUT2D eigenvalue weighted by molar-refractivity contribution is 6.31. The lowest BCUT2D eigenvalue weighted by Crippen LogP contribution is -2.20. The molecule has 0 radical (unpaired) electrons. The lowest BCUT2D eigenvalue weighted by molar-refractivity contribution is -0.119. The standard InChI is InChI=1S/C16H15ClN2O4/c1-22-14-6-5-11(17)8-13(14)19-16(21)10-3-2-4-12(7-10)23-9-15(18)20/h2-8H,9H2,1H3,(H2,18,20)(H,19,21). The van der Waals surface area contributed by atoms with E-state index in [1.165, 1.54) is 13.2 Å². The predicted molar refractivity (Wildman–Crippen MR) is 87.1 cm³/mol. The van der Waals surface area contributed by atoms with Crippen molar-refractivity contribution in [2.75, 3.05) is 19.0 Å². The number of nitrogens with one attached hydrogen (secondary N) is 1. The normalized spacial score (nSPS) is 10.0. The van der Waals surface area contributed by atoms with Crippen molar-refractivity contribution in [3.8, 4) is 11.5 Å². The van der Waals surface area contributed by atoms with Crippen molar-refractivity contribution in [3.63, 3.8) is 0 Å². The number of benzene rings is 2. The van der Waals surface area contributed by atoms with Crippen molar-refractivity contribution < 1.29 is 19.1 Å². The molecular formula is C16H15ClN2O4. The van der Waals surface area contributed by atoms with Gasteiger partial charge in [0.15, 0.2) is 6.61 Å². The molecule has 23 heavy (non-hydrogen) atoms. The second kappa shape index (κ2) is 7.51. The van der Waals surface area contributed by atoms with E-state index in [1.54, 1.807) is 36.4 Å². The molecule has 0 unspecified atom stereocenters. The molecule has 6 nitrogen and oxygen atoms in total. The zero-order valence-electron chi connectivity index (χ0n) is 12.3. The maximum Gasteiger partial charge on any atom is 0.255 e. The molecule has 3 N–H and O–H groups in total. The van der Waals surface area contributed by atoms with Crippen molar-refractivity contribution in [1.29, 1.82) is 0 Å². The van der Waals surface area contributed by atoms with Gasteiger partial charge in [0.05, 0.1) is 12.8 Å². The Bertz CT molecular complexity index is 734.